The van der Waals surface area contributed by atoms with Crippen molar-refractivity contribution in [2.75, 3.05) is 11.9 Å². The molecule has 0 aliphatic heterocycles. The number of hydrogen-bond acceptors (Lipinski definition) is 3. The Balaban J connectivity index is 2.06. The zero-order valence-corrected chi connectivity index (χ0v) is 10.3. The highest BCUT2D eigenvalue weighted by molar-refractivity contribution is 5.93. The first-order chi connectivity index (χ1) is 8.58. The van der Waals surface area contributed by atoms with Gasteiger partial charge in [-0.3, -0.25) is 0 Å². The van der Waals surface area contributed by atoms with Gasteiger partial charge in [0.1, 0.15) is 17.2 Å². The van der Waals surface area contributed by atoms with E-state index in [9.17, 15) is 9.18 Å². The predicted octanol–water partition coefficient (Wildman–Crippen LogP) is 2.77. The van der Waals surface area contributed by atoms with Crippen LogP contribution in [-0.4, -0.2) is 22.6 Å². The molecule has 1 heterocycles. The molecule has 18 heavy (non-hydrogen) atoms. The van der Waals surface area contributed by atoms with Gasteiger partial charge in [-0.1, -0.05) is 19.8 Å². The second kappa shape index (κ2) is 5.33. The van der Waals surface area contributed by atoms with E-state index >= 15 is 0 Å². The van der Waals surface area contributed by atoms with Gasteiger partial charge >= 0.3 is 5.97 Å². The SMILES string of the molecule is CC1CCCC1CNc1ncc(F)cc1C(=O)O. The maximum absolute atomic E-state index is 13.0. The Morgan fingerprint density at radius 3 is 3.00 bits per heavy atom. The molecule has 2 atom stereocenters. The van der Waals surface area contributed by atoms with E-state index in [1.54, 1.807) is 0 Å². The minimum Gasteiger partial charge on any atom is -0.478 e. The molecule has 1 aliphatic rings. The van der Waals surface area contributed by atoms with E-state index in [-0.39, 0.29) is 11.4 Å². The fourth-order valence-electron chi connectivity index (χ4n) is 2.50. The number of hydrogen-bond donors (Lipinski definition) is 2. The van der Waals surface area contributed by atoms with Crippen molar-refractivity contribution < 1.29 is 14.3 Å². The molecule has 0 radical (unpaired) electrons. The molecule has 1 saturated carbocycles. The maximum Gasteiger partial charge on any atom is 0.339 e. The van der Waals surface area contributed by atoms with Crippen LogP contribution in [0.1, 0.15) is 36.5 Å². The highest BCUT2D eigenvalue weighted by Crippen LogP contribution is 2.31. The van der Waals surface area contributed by atoms with Crippen LogP contribution < -0.4 is 5.32 Å². The molecule has 0 bridgehead atoms. The summed E-state index contributed by atoms with van der Waals surface area (Å²) in [5, 5.41) is 12.0. The molecule has 2 unspecified atom stereocenters. The molecule has 1 aromatic heterocycles. The molecule has 5 heteroatoms. The summed E-state index contributed by atoms with van der Waals surface area (Å²) < 4.78 is 13.0. The minimum atomic E-state index is -1.16. The third-order valence-electron chi connectivity index (χ3n) is 3.66. The number of carboxylic acid groups (broad SMARTS) is 1. The summed E-state index contributed by atoms with van der Waals surface area (Å²) in [6.07, 6.45) is 4.62. The Hall–Kier alpha value is -1.65. The summed E-state index contributed by atoms with van der Waals surface area (Å²) >= 11 is 0. The van der Waals surface area contributed by atoms with E-state index in [0.29, 0.717) is 18.4 Å². The zero-order chi connectivity index (χ0) is 13.1. The average Bonchev–Trinajstić information content (AvgIpc) is 2.73. The van der Waals surface area contributed by atoms with Crippen molar-refractivity contribution in [2.24, 2.45) is 11.8 Å². The summed E-state index contributed by atoms with van der Waals surface area (Å²) in [4.78, 5) is 14.8. The molecular weight excluding hydrogens is 235 g/mol. The number of carboxylic acids is 1. The van der Waals surface area contributed by atoms with Crippen molar-refractivity contribution >= 4 is 11.8 Å². The molecule has 1 fully saturated rings. The van der Waals surface area contributed by atoms with E-state index in [0.717, 1.165) is 18.7 Å². The van der Waals surface area contributed by atoms with Gasteiger partial charge < -0.3 is 10.4 Å². The monoisotopic (exact) mass is 252 g/mol. The molecule has 0 saturated heterocycles. The topological polar surface area (TPSA) is 62.2 Å². The Bertz CT molecular complexity index is 451. The van der Waals surface area contributed by atoms with Crippen molar-refractivity contribution in [2.45, 2.75) is 26.2 Å². The van der Waals surface area contributed by atoms with Gasteiger partial charge in [-0.05, 0) is 24.3 Å². The summed E-state index contributed by atoms with van der Waals surface area (Å²) in [5.74, 6) is -0.358. The van der Waals surface area contributed by atoms with Crippen molar-refractivity contribution in [1.29, 1.82) is 0 Å². The quantitative estimate of drug-likeness (QED) is 0.865. The molecule has 0 aromatic carbocycles. The van der Waals surface area contributed by atoms with Crippen molar-refractivity contribution in [1.82, 2.24) is 4.98 Å². The number of aromatic nitrogens is 1. The van der Waals surface area contributed by atoms with E-state index in [1.807, 2.05) is 0 Å². The van der Waals surface area contributed by atoms with Crippen LogP contribution in [0.25, 0.3) is 0 Å². The lowest BCUT2D eigenvalue weighted by Gasteiger charge is -2.17. The fraction of sp³-hybridized carbons (Fsp3) is 0.538. The normalized spacial score (nSPS) is 23.0. The lowest BCUT2D eigenvalue weighted by atomic mass is 9.98. The van der Waals surface area contributed by atoms with Crippen LogP contribution in [0.5, 0.6) is 0 Å². The van der Waals surface area contributed by atoms with Gasteiger partial charge in [0.25, 0.3) is 0 Å². The number of nitrogens with zero attached hydrogens (tertiary/aromatic N) is 1. The van der Waals surface area contributed by atoms with Crippen LogP contribution in [0.15, 0.2) is 12.3 Å². The number of nitrogens with one attached hydrogen (secondary N) is 1. The van der Waals surface area contributed by atoms with Gasteiger partial charge in [-0.25, -0.2) is 14.2 Å². The molecule has 98 valence electrons. The van der Waals surface area contributed by atoms with E-state index in [4.69, 9.17) is 5.11 Å². The number of rotatable bonds is 4. The Morgan fingerprint density at radius 2 is 2.39 bits per heavy atom. The van der Waals surface area contributed by atoms with Crippen molar-refractivity contribution in [3.8, 4) is 0 Å². The van der Waals surface area contributed by atoms with E-state index in [2.05, 4.69) is 17.2 Å². The van der Waals surface area contributed by atoms with Gasteiger partial charge in [0.2, 0.25) is 0 Å². The smallest absolute Gasteiger partial charge is 0.339 e. The maximum atomic E-state index is 13.0. The Labute approximate surface area is 105 Å². The first-order valence-corrected chi connectivity index (χ1v) is 6.20. The summed E-state index contributed by atoms with van der Waals surface area (Å²) in [6.45, 7) is 2.90. The van der Waals surface area contributed by atoms with Crippen molar-refractivity contribution in [3.05, 3.63) is 23.6 Å². The van der Waals surface area contributed by atoms with Crippen LogP contribution in [-0.2, 0) is 0 Å². The largest absolute Gasteiger partial charge is 0.478 e. The minimum absolute atomic E-state index is 0.111. The number of halogens is 1. The second-order valence-corrected chi connectivity index (χ2v) is 4.90. The molecule has 0 amide bonds. The number of aromatic carboxylic acids is 1. The number of pyridine rings is 1. The summed E-state index contributed by atoms with van der Waals surface area (Å²) in [5.41, 5.74) is -0.111. The lowest BCUT2D eigenvalue weighted by molar-refractivity contribution is 0.0697. The zero-order valence-electron chi connectivity index (χ0n) is 10.3. The second-order valence-electron chi connectivity index (χ2n) is 4.90. The Morgan fingerprint density at radius 1 is 1.61 bits per heavy atom. The van der Waals surface area contributed by atoms with Gasteiger partial charge in [0.05, 0.1) is 6.20 Å². The van der Waals surface area contributed by atoms with Crippen LogP contribution in [0, 0.1) is 17.7 Å². The first-order valence-electron chi connectivity index (χ1n) is 6.20. The highest BCUT2D eigenvalue weighted by Gasteiger charge is 2.23. The third kappa shape index (κ3) is 2.78. The van der Waals surface area contributed by atoms with Gasteiger partial charge in [0.15, 0.2) is 0 Å². The third-order valence-corrected chi connectivity index (χ3v) is 3.66. The fourth-order valence-corrected chi connectivity index (χ4v) is 2.50. The van der Waals surface area contributed by atoms with Crippen LogP contribution >= 0.6 is 0 Å². The molecule has 1 aromatic rings. The summed E-state index contributed by atoms with van der Waals surface area (Å²) in [7, 11) is 0. The van der Waals surface area contributed by atoms with Crippen LogP contribution in [0.3, 0.4) is 0 Å². The Kier molecular flexibility index (Phi) is 3.79. The molecule has 4 nitrogen and oxygen atoms in total. The van der Waals surface area contributed by atoms with Gasteiger partial charge in [0, 0.05) is 6.54 Å². The summed E-state index contributed by atoms with van der Waals surface area (Å²) in [6, 6.07) is 0.996. The number of anilines is 1. The van der Waals surface area contributed by atoms with Crippen molar-refractivity contribution in [3.63, 3.8) is 0 Å². The highest BCUT2D eigenvalue weighted by atomic mass is 19.1. The van der Waals surface area contributed by atoms with Gasteiger partial charge in [-0.15, -0.1) is 0 Å². The molecule has 2 rings (SSSR count). The number of carbonyl (C=O) groups is 1. The van der Waals surface area contributed by atoms with E-state index in [1.165, 1.54) is 12.8 Å². The lowest BCUT2D eigenvalue weighted by Crippen LogP contribution is -2.18. The average molecular weight is 252 g/mol. The molecule has 2 N–H and O–H groups in total. The van der Waals surface area contributed by atoms with E-state index < -0.39 is 11.8 Å². The molecule has 0 spiro atoms. The van der Waals surface area contributed by atoms with Crippen LogP contribution in [0.2, 0.25) is 0 Å². The van der Waals surface area contributed by atoms with Crippen LogP contribution in [0.4, 0.5) is 10.2 Å². The van der Waals surface area contributed by atoms with Gasteiger partial charge in [-0.2, -0.15) is 0 Å². The molecule has 1 aliphatic carbocycles. The first kappa shape index (κ1) is 12.8. The standard InChI is InChI=1S/C13H17FN2O2/c1-8-3-2-4-9(8)6-15-12-11(13(17)18)5-10(14)7-16-12/h5,7-9H,2-4,6H2,1H3,(H,15,16)(H,17,18). The molecular formula is C13H17FN2O2. The predicted molar refractivity (Wildman–Crippen MR) is 66.1 cm³/mol.